The van der Waals surface area contributed by atoms with Crippen molar-refractivity contribution in [1.29, 1.82) is 0 Å². The van der Waals surface area contributed by atoms with E-state index in [4.69, 9.17) is 4.74 Å². The summed E-state index contributed by atoms with van der Waals surface area (Å²) in [6.45, 7) is 1.31. The van der Waals surface area contributed by atoms with Crippen LogP contribution in [0.4, 0.5) is 0 Å². The van der Waals surface area contributed by atoms with Crippen LogP contribution in [0, 0.1) is 14.3 Å². The summed E-state index contributed by atoms with van der Waals surface area (Å²) in [5.74, 6) is 0.0692. The van der Waals surface area contributed by atoms with Crippen molar-refractivity contribution >= 4 is 102 Å². The maximum Gasteiger partial charge on any atom is 0.326 e. The first-order valence-corrected chi connectivity index (χ1v) is 11.6. The van der Waals surface area contributed by atoms with E-state index in [1.54, 1.807) is 0 Å². The summed E-state index contributed by atoms with van der Waals surface area (Å²) < 4.78 is 10.0. The molecular weight excluding hydrogens is 790 g/mol. The highest BCUT2D eigenvalue weighted by Crippen LogP contribution is 2.34. The lowest BCUT2D eigenvalue weighted by Crippen LogP contribution is -2.41. The molecule has 5 nitrogen and oxygen atoms in total. The maximum atomic E-state index is 11.3. The number of nitrogens with one attached hydrogen (secondary N) is 1. The Bertz CT molecular complexity index is 813. The Balaban J connectivity index is 2.27. The molecule has 2 aromatic carbocycles. The molecule has 0 aromatic heterocycles. The molecule has 0 radical (unpaired) electrons. The van der Waals surface area contributed by atoms with Gasteiger partial charge in [0.1, 0.15) is 11.8 Å². The molecule has 0 heterocycles. The zero-order chi connectivity index (χ0) is 19.4. The van der Waals surface area contributed by atoms with E-state index in [-0.39, 0.29) is 12.3 Å². The standard InChI is InChI=1S/C17H13I4NO4/c1-8(23)22-15(17(24)25)4-9-2-13(20)16(14(21)3-9)26-12-6-10(18)5-11(19)7-12/h2-3,5-7,15H,4H2,1H3,(H,22,23)(H,24,25). The Labute approximate surface area is 205 Å². The fraction of sp³-hybridized carbons (Fsp3) is 0.176. The fourth-order valence-corrected chi connectivity index (χ4v) is 6.21. The van der Waals surface area contributed by atoms with E-state index in [1.165, 1.54) is 6.92 Å². The van der Waals surface area contributed by atoms with Crippen molar-refractivity contribution in [2.45, 2.75) is 19.4 Å². The number of hydrogen-bond donors (Lipinski definition) is 2. The highest BCUT2D eigenvalue weighted by molar-refractivity contribution is 14.1. The van der Waals surface area contributed by atoms with E-state index < -0.39 is 12.0 Å². The van der Waals surface area contributed by atoms with Crippen LogP contribution in [0.3, 0.4) is 0 Å². The topological polar surface area (TPSA) is 75.6 Å². The molecule has 0 spiro atoms. The number of ether oxygens (including phenoxy) is 1. The van der Waals surface area contributed by atoms with Crippen molar-refractivity contribution in [2.24, 2.45) is 0 Å². The number of carbonyl (C=O) groups excluding carboxylic acids is 1. The van der Waals surface area contributed by atoms with Crippen LogP contribution < -0.4 is 10.1 Å². The van der Waals surface area contributed by atoms with Crippen LogP contribution in [0.15, 0.2) is 30.3 Å². The fourth-order valence-electron chi connectivity index (χ4n) is 2.21. The van der Waals surface area contributed by atoms with Crippen molar-refractivity contribution in [3.05, 3.63) is 50.2 Å². The van der Waals surface area contributed by atoms with Gasteiger partial charge in [0.25, 0.3) is 0 Å². The molecule has 26 heavy (non-hydrogen) atoms. The Hall–Kier alpha value is 0.1000. The minimum atomic E-state index is -1.06. The first-order valence-electron chi connectivity index (χ1n) is 7.27. The van der Waals surface area contributed by atoms with E-state index in [9.17, 15) is 14.7 Å². The van der Waals surface area contributed by atoms with Gasteiger partial charge in [-0.1, -0.05) is 0 Å². The Morgan fingerprint density at radius 1 is 1.04 bits per heavy atom. The van der Waals surface area contributed by atoms with Crippen LogP contribution in [0.5, 0.6) is 11.5 Å². The first kappa shape index (κ1) is 22.4. The second-order valence-electron chi connectivity index (χ2n) is 5.39. The quantitative estimate of drug-likeness (QED) is 0.403. The summed E-state index contributed by atoms with van der Waals surface area (Å²) >= 11 is 8.85. The minimum Gasteiger partial charge on any atom is -0.480 e. The molecule has 138 valence electrons. The molecule has 0 aliphatic rings. The molecule has 9 heteroatoms. The molecular formula is C17H13I4NO4. The summed E-state index contributed by atoms with van der Waals surface area (Å²) in [7, 11) is 0. The van der Waals surface area contributed by atoms with Crippen molar-refractivity contribution in [1.82, 2.24) is 5.32 Å². The van der Waals surface area contributed by atoms with Crippen LogP contribution >= 0.6 is 90.4 Å². The second-order valence-corrected chi connectivity index (χ2v) is 10.2. The number of carboxylic acid groups (broad SMARTS) is 1. The molecule has 2 aromatic rings. The van der Waals surface area contributed by atoms with E-state index in [1.807, 2.05) is 24.3 Å². The van der Waals surface area contributed by atoms with Crippen molar-refractivity contribution in [3.63, 3.8) is 0 Å². The molecule has 2 N–H and O–H groups in total. The molecule has 0 saturated carbocycles. The summed E-state index contributed by atoms with van der Waals surface area (Å²) in [6.07, 6.45) is 0.211. The van der Waals surface area contributed by atoms with Crippen LogP contribution in [-0.2, 0) is 16.0 Å². The first-order chi connectivity index (χ1) is 12.2. The SMILES string of the molecule is CC(=O)NC(Cc1cc(I)c(Oc2cc(I)cc(I)c2)c(I)c1)C(=O)O. The van der Waals surface area contributed by atoms with Crippen LogP contribution in [0.25, 0.3) is 0 Å². The molecule has 0 fully saturated rings. The van der Waals surface area contributed by atoms with Gasteiger partial charge in [-0.3, -0.25) is 4.79 Å². The van der Waals surface area contributed by atoms with E-state index in [0.29, 0.717) is 0 Å². The minimum absolute atomic E-state index is 0.211. The van der Waals surface area contributed by atoms with Crippen LogP contribution in [0.1, 0.15) is 12.5 Å². The zero-order valence-electron chi connectivity index (χ0n) is 13.4. The van der Waals surface area contributed by atoms with Gasteiger partial charge < -0.3 is 15.2 Å². The summed E-state index contributed by atoms with van der Waals surface area (Å²) in [4.78, 5) is 22.5. The third-order valence-corrected chi connectivity index (χ3v) is 6.08. The smallest absolute Gasteiger partial charge is 0.326 e. The monoisotopic (exact) mass is 803 g/mol. The number of halogens is 4. The van der Waals surface area contributed by atoms with Crippen molar-refractivity contribution < 1.29 is 19.4 Å². The van der Waals surface area contributed by atoms with Crippen LogP contribution in [0.2, 0.25) is 0 Å². The lowest BCUT2D eigenvalue weighted by Gasteiger charge is -2.16. The number of rotatable bonds is 6. The van der Waals surface area contributed by atoms with Gasteiger partial charge in [-0.05, 0) is 126 Å². The molecule has 0 bridgehead atoms. The van der Waals surface area contributed by atoms with Gasteiger partial charge in [0, 0.05) is 20.5 Å². The number of hydrogen-bond acceptors (Lipinski definition) is 3. The predicted molar refractivity (Wildman–Crippen MR) is 133 cm³/mol. The number of carboxylic acids is 1. The molecule has 0 aliphatic carbocycles. The Kier molecular flexibility index (Phi) is 8.65. The Morgan fingerprint density at radius 3 is 2.04 bits per heavy atom. The van der Waals surface area contributed by atoms with Crippen molar-refractivity contribution in [3.8, 4) is 11.5 Å². The molecule has 0 aliphatic heterocycles. The molecule has 0 saturated heterocycles. The molecule has 1 unspecified atom stereocenters. The normalized spacial score (nSPS) is 11.7. The largest absolute Gasteiger partial charge is 0.480 e. The second kappa shape index (κ2) is 10.0. The van der Waals surface area contributed by atoms with Crippen LogP contribution in [-0.4, -0.2) is 23.0 Å². The lowest BCUT2D eigenvalue weighted by atomic mass is 10.1. The number of benzene rings is 2. The maximum absolute atomic E-state index is 11.3. The summed E-state index contributed by atoms with van der Waals surface area (Å²) in [5, 5.41) is 11.7. The third kappa shape index (κ3) is 6.61. The number of amides is 1. The molecule has 1 amide bonds. The average molecular weight is 803 g/mol. The number of carbonyl (C=O) groups is 2. The number of aliphatic carboxylic acids is 1. The van der Waals surface area contributed by atoms with E-state index >= 15 is 0 Å². The highest BCUT2D eigenvalue weighted by Gasteiger charge is 2.20. The lowest BCUT2D eigenvalue weighted by molar-refractivity contribution is -0.141. The van der Waals surface area contributed by atoms with E-state index in [0.717, 1.165) is 31.3 Å². The Morgan fingerprint density at radius 2 is 1.58 bits per heavy atom. The van der Waals surface area contributed by atoms with E-state index in [2.05, 4.69) is 102 Å². The van der Waals surface area contributed by atoms with Gasteiger partial charge in [-0.15, -0.1) is 0 Å². The van der Waals surface area contributed by atoms with Gasteiger partial charge in [-0.25, -0.2) is 4.79 Å². The summed E-state index contributed by atoms with van der Waals surface area (Å²) in [5.41, 5.74) is 0.824. The van der Waals surface area contributed by atoms with Gasteiger partial charge >= 0.3 is 5.97 Å². The highest BCUT2D eigenvalue weighted by atomic mass is 127. The molecule has 1 atom stereocenters. The average Bonchev–Trinajstić information content (AvgIpc) is 2.49. The third-order valence-electron chi connectivity index (χ3n) is 3.23. The predicted octanol–water partition coefficient (Wildman–Crippen LogP) is 5.03. The van der Waals surface area contributed by atoms with Gasteiger partial charge in [0.2, 0.25) is 5.91 Å². The van der Waals surface area contributed by atoms with Gasteiger partial charge in [-0.2, -0.15) is 0 Å². The zero-order valence-corrected chi connectivity index (χ0v) is 22.0. The van der Waals surface area contributed by atoms with Crippen molar-refractivity contribution in [2.75, 3.05) is 0 Å². The van der Waals surface area contributed by atoms with Gasteiger partial charge in [0.15, 0.2) is 5.75 Å². The van der Waals surface area contributed by atoms with Gasteiger partial charge in [0.05, 0.1) is 7.14 Å². The molecule has 2 rings (SSSR count). The summed E-state index contributed by atoms with van der Waals surface area (Å²) in [6, 6.07) is 8.79.